The van der Waals surface area contributed by atoms with Crippen LogP contribution >= 0.6 is 0 Å². The lowest BCUT2D eigenvalue weighted by molar-refractivity contribution is 0.380. The minimum atomic E-state index is -0.191. The molecule has 114 valence electrons. The number of hydrogen-bond acceptors (Lipinski definition) is 1. The Morgan fingerprint density at radius 3 is 2.68 bits per heavy atom. The standard InChI is InChI=1S/C20H22FN/c1-14-18-6-4-5-7-19(18)16(10-11-22(2)3)12-15-8-9-17(21)13-20(14)15/h4-9,13,16H,1,10-12H2,2-3H3/t16-/m1/s1. The van der Waals surface area contributed by atoms with Gasteiger partial charge in [0.2, 0.25) is 0 Å². The van der Waals surface area contributed by atoms with Crippen LogP contribution < -0.4 is 0 Å². The quantitative estimate of drug-likeness (QED) is 0.807. The highest BCUT2D eigenvalue weighted by atomic mass is 19.1. The fourth-order valence-electron chi connectivity index (χ4n) is 3.33. The van der Waals surface area contributed by atoms with Crippen LogP contribution in [0.25, 0.3) is 5.57 Å². The van der Waals surface area contributed by atoms with Crippen molar-refractivity contribution in [3.05, 3.63) is 77.1 Å². The third kappa shape index (κ3) is 2.84. The predicted molar refractivity (Wildman–Crippen MR) is 90.6 cm³/mol. The van der Waals surface area contributed by atoms with Crippen molar-refractivity contribution in [2.75, 3.05) is 20.6 Å². The summed E-state index contributed by atoms with van der Waals surface area (Å²) in [4.78, 5) is 2.22. The molecule has 0 N–H and O–H groups in total. The van der Waals surface area contributed by atoms with E-state index in [-0.39, 0.29) is 5.82 Å². The van der Waals surface area contributed by atoms with Crippen LogP contribution in [0.1, 0.15) is 34.6 Å². The van der Waals surface area contributed by atoms with Gasteiger partial charge in [-0.3, -0.25) is 0 Å². The first kappa shape index (κ1) is 15.0. The van der Waals surface area contributed by atoms with Gasteiger partial charge in [-0.25, -0.2) is 4.39 Å². The second-order valence-electron chi connectivity index (χ2n) is 6.36. The van der Waals surface area contributed by atoms with E-state index < -0.39 is 0 Å². The summed E-state index contributed by atoms with van der Waals surface area (Å²) in [5.41, 5.74) is 5.60. The highest BCUT2D eigenvalue weighted by Crippen LogP contribution is 2.39. The molecule has 0 saturated heterocycles. The van der Waals surface area contributed by atoms with Gasteiger partial charge < -0.3 is 4.90 Å². The predicted octanol–water partition coefficient (Wildman–Crippen LogP) is 4.48. The van der Waals surface area contributed by atoms with Gasteiger partial charge in [-0.2, -0.15) is 0 Å². The summed E-state index contributed by atoms with van der Waals surface area (Å²) in [7, 11) is 4.20. The number of fused-ring (bicyclic) bond motifs is 2. The SMILES string of the molecule is C=C1c2cc(F)ccc2C[C@@H](CCN(C)C)c2ccccc21. The lowest BCUT2D eigenvalue weighted by Gasteiger charge is -2.20. The van der Waals surface area contributed by atoms with Crippen LogP contribution in [0.2, 0.25) is 0 Å². The summed E-state index contributed by atoms with van der Waals surface area (Å²) in [5, 5.41) is 0. The molecule has 0 heterocycles. The first-order valence-electron chi connectivity index (χ1n) is 7.78. The number of nitrogens with zero attached hydrogens (tertiary/aromatic N) is 1. The summed E-state index contributed by atoms with van der Waals surface area (Å²) in [6.07, 6.45) is 2.04. The zero-order chi connectivity index (χ0) is 15.7. The van der Waals surface area contributed by atoms with Gasteiger partial charge in [0.1, 0.15) is 5.82 Å². The lowest BCUT2D eigenvalue weighted by Crippen LogP contribution is -2.17. The molecule has 0 amide bonds. The van der Waals surface area contributed by atoms with E-state index in [1.165, 1.54) is 11.1 Å². The molecule has 0 saturated carbocycles. The Hall–Kier alpha value is -1.93. The van der Waals surface area contributed by atoms with Gasteiger partial charge in [-0.05, 0) is 79.4 Å². The van der Waals surface area contributed by atoms with Crippen molar-refractivity contribution in [1.82, 2.24) is 4.90 Å². The summed E-state index contributed by atoms with van der Waals surface area (Å²) >= 11 is 0. The van der Waals surface area contributed by atoms with Crippen molar-refractivity contribution in [3.8, 4) is 0 Å². The van der Waals surface area contributed by atoms with Crippen molar-refractivity contribution in [2.45, 2.75) is 18.8 Å². The van der Waals surface area contributed by atoms with Crippen molar-refractivity contribution < 1.29 is 4.39 Å². The molecule has 0 spiro atoms. The van der Waals surface area contributed by atoms with Crippen molar-refractivity contribution >= 4 is 5.57 Å². The fourth-order valence-corrected chi connectivity index (χ4v) is 3.33. The maximum absolute atomic E-state index is 13.7. The molecule has 2 aromatic rings. The molecule has 0 radical (unpaired) electrons. The molecular formula is C20H22FN. The average molecular weight is 295 g/mol. The highest BCUT2D eigenvalue weighted by Gasteiger charge is 2.24. The molecule has 2 heteroatoms. The van der Waals surface area contributed by atoms with Gasteiger partial charge in [0.05, 0.1) is 0 Å². The van der Waals surface area contributed by atoms with E-state index in [1.807, 2.05) is 12.1 Å². The summed E-state index contributed by atoms with van der Waals surface area (Å²) < 4.78 is 13.7. The Labute approximate surface area is 132 Å². The molecule has 0 bridgehead atoms. The molecule has 1 aliphatic rings. The van der Waals surface area contributed by atoms with E-state index in [1.54, 1.807) is 12.1 Å². The number of hydrogen-bond donors (Lipinski definition) is 0. The molecule has 1 nitrogen and oxygen atoms in total. The maximum Gasteiger partial charge on any atom is 0.123 e. The zero-order valence-corrected chi connectivity index (χ0v) is 13.3. The van der Waals surface area contributed by atoms with E-state index in [0.29, 0.717) is 5.92 Å². The monoisotopic (exact) mass is 295 g/mol. The van der Waals surface area contributed by atoms with E-state index in [4.69, 9.17) is 0 Å². The van der Waals surface area contributed by atoms with Crippen LogP contribution in [-0.2, 0) is 6.42 Å². The van der Waals surface area contributed by atoms with Crippen LogP contribution in [0.3, 0.4) is 0 Å². The second-order valence-corrected chi connectivity index (χ2v) is 6.36. The van der Waals surface area contributed by atoms with Gasteiger partial charge in [-0.1, -0.05) is 36.9 Å². The molecule has 0 aliphatic heterocycles. The van der Waals surface area contributed by atoms with Gasteiger partial charge in [0.15, 0.2) is 0 Å². The topological polar surface area (TPSA) is 3.24 Å². The molecule has 1 aliphatic carbocycles. The fraction of sp³-hybridized carbons (Fsp3) is 0.300. The second kappa shape index (κ2) is 6.05. The summed E-state index contributed by atoms with van der Waals surface area (Å²) in [6.45, 7) is 5.29. The molecule has 3 rings (SSSR count). The van der Waals surface area contributed by atoms with E-state index in [2.05, 4.69) is 43.8 Å². The van der Waals surface area contributed by atoms with E-state index >= 15 is 0 Å². The molecule has 0 fully saturated rings. The van der Waals surface area contributed by atoms with E-state index in [9.17, 15) is 4.39 Å². The largest absolute Gasteiger partial charge is 0.309 e. The van der Waals surface area contributed by atoms with Crippen LogP contribution in [0.4, 0.5) is 4.39 Å². The third-order valence-electron chi connectivity index (χ3n) is 4.51. The van der Waals surface area contributed by atoms with Crippen molar-refractivity contribution in [3.63, 3.8) is 0 Å². The minimum absolute atomic E-state index is 0.191. The number of benzene rings is 2. The van der Waals surface area contributed by atoms with Gasteiger partial charge in [0, 0.05) is 0 Å². The highest BCUT2D eigenvalue weighted by molar-refractivity contribution is 5.82. The Bertz CT molecular complexity index is 703. The van der Waals surface area contributed by atoms with Gasteiger partial charge in [-0.15, -0.1) is 0 Å². The van der Waals surface area contributed by atoms with Crippen LogP contribution in [-0.4, -0.2) is 25.5 Å². The molecular weight excluding hydrogens is 273 g/mol. The molecule has 2 aromatic carbocycles. The zero-order valence-electron chi connectivity index (χ0n) is 13.3. The number of halogens is 1. The van der Waals surface area contributed by atoms with Crippen LogP contribution in [0.15, 0.2) is 49.0 Å². The Morgan fingerprint density at radius 1 is 1.14 bits per heavy atom. The van der Waals surface area contributed by atoms with Crippen LogP contribution in [0, 0.1) is 5.82 Å². The van der Waals surface area contributed by atoms with Gasteiger partial charge >= 0.3 is 0 Å². The normalized spacial score (nSPS) is 17.1. The molecule has 0 unspecified atom stereocenters. The summed E-state index contributed by atoms with van der Waals surface area (Å²) in [6, 6.07) is 13.5. The molecule has 0 aromatic heterocycles. The average Bonchev–Trinajstić information content (AvgIpc) is 2.62. The van der Waals surface area contributed by atoms with Crippen molar-refractivity contribution in [1.29, 1.82) is 0 Å². The third-order valence-corrected chi connectivity index (χ3v) is 4.51. The summed E-state index contributed by atoms with van der Waals surface area (Å²) in [5.74, 6) is 0.256. The molecule has 1 atom stereocenters. The lowest BCUT2D eigenvalue weighted by atomic mass is 9.88. The van der Waals surface area contributed by atoms with E-state index in [0.717, 1.165) is 36.1 Å². The smallest absolute Gasteiger partial charge is 0.123 e. The minimum Gasteiger partial charge on any atom is -0.309 e. The Morgan fingerprint density at radius 2 is 1.91 bits per heavy atom. The van der Waals surface area contributed by atoms with Crippen molar-refractivity contribution in [2.24, 2.45) is 0 Å². The molecule has 22 heavy (non-hydrogen) atoms. The van der Waals surface area contributed by atoms with Gasteiger partial charge in [0.25, 0.3) is 0 Å². The Balaban J connectivity index is 2.08. The maximum atomic E-state index is 13.7. The van der Waals surface area contributed by atoms with Crippen LogP contribution in [0.5, 0.6) is 0 Å². The Kier molecular flexibility index (Phi) is 4.12. The first-order valence-corrected chi connectivity index (χ1v) is 7.78. The first-order chi connectivity index (χ1) is 10.6. The number of rotatable bonds is 3.